The first-order valence-electron chi connectivity index (χ1n) is 7.91. The standard InChI is InChI=1S/C16H20ClFN6/c1-3-19-16(20-8-14-21-9-22-24(14)2)23-13-7-10(13)15-11(17)5-4-6-12(15)18/h4-6,9-10,13H,3,7-8H2,1-2H3,(H2,19,20,23). The lowest BCUT2D eigenvalue weighted by Gasteiger charge is -2.12. The van der Waals surface area contributed by atoms with Gasteiger partial charge in [0.25, 0.3) is 0 Å². The van der Waals surface area contributed by atoms with Crippen LogP contribution in [0.3, 0.4) is 0 Å². The third-order valence-electron chi connectivity index (χ3n) is 4.01. The molecule has 2 N–H and O–H groups in total. The molecule has 0 saturated heterocycles. The molecular weight excluding hydrogens is 331 g/mol. The second-order valence-electron chi connectivity index (χ2n) is 5.72. The summed E-state index contributed by atoms with van der Waals surface area (Å²) in [6, 6.07) is 4.92. The number of nitrogens with zero attached hydrogens (tertiary/aromatic N) is 4. The summed E-state index contributed by atoms with van der Waals surface area (Å²) in [6.07, 6.45) is 2.33. The number of hydrogen-bond acceptors (Lipinski definition) is 3. The Morgan fingerprint density at radius 2 is 2.33 bits per heavy atom. The highest BCUT2D eigenvalue weighted by Crippen LogP contribution is 2.44. The van der Waals surface area contributed by atoms with E-state index in [-0.39, 0.29) is 17.8 Å². The fourth-order valence-electron chi connectivity index (χ4n) is 2.65. The molecule has 3 rings (SSSR count). The number of rotatable bonds is 5. The van der Waals surface area contributed by atoms with Crippen LogP contribution in [0.2, 0.25) is 5.02 Å². The first-order valence-corrected chi connectivity index (χ1v) is 8.29. The minimum absolute atomic E-state index is 0.0670. The van der Waals surface area contributed by atoms with Gasteiger partial charge in [-0.25, -0.2) is 14.4 Å². The number of halogens is 2. The number of guanidine groups is 1. The molecule has 6 nitrogen and oxygen atoms in total. The van der Waals surface area contributed by atoms with E-state index in [1.807, 2.05) is 14.0 Å². The third kappa shape index (κ3) is 3.67. The maximum absolute atomic E-state index is 14.0. The van der Waals surface area contributed by atoms with Crippen LogP contribution in [0.4, 0.5) is 4.39 Å². The van der Waals surface area contributed by atoms with Crippen molar-refractivity contribution in [2.75, 3.05) is 6.54 Å². The van der Waals surface area contributed by atoms with Crippen LogP contribution in [0.15, 0.2) is 29.5 Å². The van der Waals surface area contributed by atoms with Crippen LogP contribution in [-0.4, -0.2) is 33.3 Å². The predicted octanol–water partition coefficient (Wildman–Crippen LogP) is 2.22. The van der Waals surface area contributed by atoms with Crippen molar-refractivity contribution in [2.45, 2.75) is 31.8 Å². The summed E-state index contributed by atoms with van der Waals surface area (Å²) in [7, 11) is 1.83. The number of aryl methyl sites for hydroxylation is 1. The minimum Gasteiger partial charge on any atom is -0.357 e. The molecule has 24 heavy (non-hydrogen) atoms. The molecule has 2 atom stereocenters. The van der Waals surface area contributed by atoms with Crippen LogP contribution >= 0.6 is 11.6 Å². The molecule has 1 aromatic heterocycles. The molecule has 1 aliphatic rings. The molecule has 128 valence electrons. The Kier molecular flexibility index (Phi) is 4.99. The Morgan fingerprint density at radius 1 is 1.50 bits per heavy atom. The molecule has 2 aromatic rings. The molecular formula is C16H20ClFN6. The van der Waals surface area contributed by atoms with Crippen molar-refractivity contribution in [3.63, 3.8) is 0 Å². The van der Waals surface area contributed by atoms with E-state index in [9.17, 15) is 4.39 Å². The normalized spacial score (nSPS) is 20.1. The Morgan fingerprint density at radius 3 is 3.00 bits per heavy atom. The first-order chi connectivity index (χ1) is 11.6. The highest BCUT2D eigenvalue weighted by atomic mass is 35.5. The topological polar surface area (TPSA) is 67.1 Å². The van der Waals surface area contributed by atoms with Crippen LogP contribution in [0.1, 0.15) is 30.7 Å². The second-order valence-corrected chi connectivity index (χ2v) is 6.13. The molecule has 0 aliphatic heterocycles. The molecule has 1 saturated carbocycles. The average Bonchev–Trinajstić information content (AvgIpc) is 3.16. The summed E-state index contributed by atoms with van der Waals surface area (Å²) in [5.41, 5.74) is 0.584. The fraction of sp³-hybridized carbons (Fsp3) is 0.438. The highest BCUT2D eigenvalue weighted by Gasteiger charge is 2.41. The predicted molar refractivity (Wildman–Crippen MR) is 91.5 cm³/mol. The molecule has 0 amide bonds. The van der Waals surface area contributed by atoms with Crippen molar-refractivity contribution in [3.8, 4) is 0 Å². The first kappa shape index (κ1) is 16.7. The molecule has 0 spiro atoms. The van der Waals surface area contributed by atoms with Crippen LogP contribution in [-0.2, 0) is 13.6 Å². The number of aliphatic imine (C=N–C) groups is 1. The van der Waals surface area contributed by atoms with Gasteiger partial charge in [-0.2, -0.15) is 5.10 Å². The van der Waals surface area contributed by atoms with Gasteiger partial charge in [-0.3, -0.25) is 4.68 Å². The van der Waals surface area contributed by atoms with Crippen LogP contribution in [0.5, 0.6) is 0 Å². The van der Waals surface area contributed by atoms with E-state index < -0.39 is 0 Å². The van der Waals surface area contributed by atoms with E-state index in [4.69, 9.17) is 11.6 Å². The van der Waals surface area contributed by atoms with Gasteiger partial charge >= 0.3 is 0 Å². The lowest BCUT2D eigenvalue weighted by Crippen LogP contribution is -2.39. The lowest BCUT2D eigenvalue weighted by molar-refractivity contribution is 0.608. The largest absolute Gasteiger partial charge is 0.357 e. The quantitative estimate of drug-likeness (QED) is 0.641. The Hall–Kier alpha value is -2.15. The van der Waals surface area contributed by atoms with Gasteiger partial charge in [0.1, 0.15) is 24.5 Å². The summed E-state index contributed by atoms with van der Waals surface area (Å²) in [5, 5.41) is 11.0. The van der Waals surface area contributed by atoms with Crippen molar-refractivity contribution in [3.05, 3.63) is 46.8 Å². The zero-order chi connectivity index (χ0) is 17.1. The highest BCUT2D eigenvalue weighted by molar-refractivity contribution is 6.31. The fourth-order valence-corrected chi connectivity index (χ4v) is 2.95. The van der Waals surface area contributed by atoms with Gasteiger partial charge in [0.2, 0.25) is 0 Å². The summed E-state index contributed by atoms with van der Waals surface area (Å²) in [6.45, 7) is 3.16. The van der Waals surface area contributed by atoms with Crippen LogP contribution in [0.25, 0.3) is 0 Å². The van der Waals surface area contributed by atoms with Gasteiger partial charge in [-0.1, -0.05) is 17.7 Å². The average molecular weight is 351 g/mol. The Labute approximate surface area is 145 Å². The van der Waals surface area contributed by atoms with Gasteiger partial charge in [0.15, 0.2) is 5.96 Å². The molecule has 1 aromatic carbocycles. The van der Waals surface area contributed by atoms with E-state index in [2.05, 4.69) is 25.7 Å². The second kappa shape index (κ2) is 7.17. The third-order valence-corrected chi connectivity index (χ3v) is 4.34. The number of nitrogens with one attached hydrogen (secondary N) is 2. The van der Waals surface area contributed by atoms with Crippen molar-refractivity contribution >= 4 is 17.6 Å². The van der Waals surface area contributed by atoms with Gasteiger partial charge in [0.05, 0.1) is 0 Å². The van der Waals surface area contributed by atoms with Crippen LogP contribution in [0, 0.1) is 5.82 Å². The summed E-state index contributed by atoms with van der Waals surface area (Å²) < 4.78 is 15.7. The lowest BCUT2D eigenvalue weighted by atomic mass is 10.1. The molecule has 8 heteroatoms. The molecule has 2 unspecified atom stereocenters. The molecule has 0 bridgehead atoms. The zero-order valence-corrected chi connectivity index (χ0v) is 14.4. The summed E-state index contributed by atoms with van der Waals surface area (Å²) in [4.78, 5) is 8.66. The zero-order valence-electron chi connectivity index (χ0n) is 13.6. The number of aromatic nitrogens is 3. The van der Waals surface area contributed by atoms with Gasteiger partial charge in [-0.15, -0.1) is 0 Å². The van der Waals surface area contributed by atoms with Crippen molar-refractivity contribution in [1.29, 1.82) is 0 Å². The van der Waals surface area contributed by atoms with E-state index in [0.717, 1.165) is 18.8 Å². The Bertz CT molecular complexity index is 724. The van der Waals surface area contributed by atoms with E-state index in [1.165, 1.54) is 12.4 Å². The monoisotopic (exact) mass is 350 g/mol. The number of benzene rings is 1. The SMILES string of the molecule is CCNC(=NCc1ncnn1C)NC1CC1c1c(F)cccc1Cl. The molecule has 1 heterocycles. The van der Waals surface area contributed by atoms with Crippen molar-refractivity contribution in [2.24, 2.45) is 12.0 Å². The van der Waals surface area contributed by atoms with E-state index >= 15 is 0 Å². The van der Waals surface area contributed by atoms with Crippen molar-refractivity contribution < 1.29 is 4.39 Å². The smallest absolute Gasteiger partial charge is 0.191 e. The van der Waals surface area contributed by atoms with Gasteiger partial charge in [-0.05, 0) is 25.5 Å². The van der Waals surface area contributed by atoms with Gasteiger partial charge < -0.3 is 10.6 Å². The molecule has 0 radical (unpaired) electrons. The minimum atomic E-state index is -0.252. The van der Waals surface area contributed by atoms with E-state index in [1.54, 1.807) is 16.8 Å². The number of hydrogen-bond donors (Lipinski definition) is 2. The molecule has 1 aliphatic carbocycles. The summed E-state index contributed by atoms with van der Waals surface area (Å²) in [5.74, 6) is 1.27. The van der Waals surface area contributed by atoms with Crippen LogP contribution < -0.4 is 10.6 Å². The van der Waals surface area contributed by atoms with Crippen molar-refractivity contribution in [1.82, 2.24) is 25.4 Å². The summed E-state index contributed by atoms with van der Waals surface area (Å²) >= 11 is 6.14. The maximum Gasteiger partial charge on any atom is 0.191 e. The van der Waals surface area contributed by atoms with Gasteiger partial charge in [0, 0.05) is 36.1 Å². The molecule has 1 fully saturated rings. The Balaban J connectivity index is 1.66. The maximum atomic E-state index is 14.0. The van der Waals surface area contributed by atoms with E-state index in [0.29, 0.717) is 23.1 Å².